The molecular weight excluding hydrogens is 376 g/mol. The van der Waals surface area contributed by atoms with E-state index in [1.54, 1.807) is 0 Å². The predicted octanol–water partition coefficient (Wildman–Crippen LogP) is 5.21. The Morgan fingerprint density at radius 1 is 1.00 bits per heavy atom. The summed E-state index contributed by atoms with van der Waals surface area (Å²) >= 11 is 1.88. The fraction of sp³-hybridized carbons (Fsp3) is 0.480. The van der Waals surface area contributed by atoms with Gasteiger partial charge in [0.1, 0.15) is 5.69 Å². The molecule has 1 unspecified atom stereocenters. The van der Waals surface area contributed by atoms with Gasteiger partial charge in [0.25, 0.3) is 5.72 Å². The second kappa shape index (κ2) is 7.81. The molecule has 29 heavy (non-hydrogen) atoms. The Bertz CT molecular complexity index is 917. The highest BCUT2D eigenvalue weighted by atomic mass is 32.2. The third-order valence-electron chi connectivity index (χ3n) is 6.85. The number of hydrogen-bond acceptors (Lipinski definition) is 3. The highest BCUT2D eigenvalue weighted by molar-refractivity contribution is 8.14. The first-order chi connectivity index (χ1) is 14.2. The molecule has 0 saturated heterocycles. The molecule has 1 atom stereocenters. The Labute approximate surface area is 178 Å². The molecule has 152 valence electrons. The van der Waals surface area contributed by atoms with Gasteiger partial charge in [-0.2, -0.15) is 4.90 Å². The van der Waals surface area contributed by atoms with Crippen LogP contribution < -0.4 is 4.90 Å². The molecule has 3 aliphatic rings. The molecule has 0 amide bonds. The molecule has 0 aromatic heterocycles. The maximum Gasteiger partial charge on any atom is 0.316 e. The van der Waals surface area contributed by atoms with Crippen molar-refractivity contribution in [3.05, 3.63) is 65.2 Å². The molecule has 1 N–H and O–H groups in total. The van der Waals surface area contributed by atoms with Crippen LogP contribution in [0.25, 0.3) is 0 Å². The Hall–Kier alpha value is -1.78. The molecule has 0 spiro atoms. The summed E-state index contributed by atoms with van der Waals surface area (Å²) < 4.78 is 2.37. The number of benzene rings is 2. The van der Waals surface area contributed by atoms with Crippen LogP contribution in [0.1, 0.15) is 61.1 Å². The van der Waals surface area contributed by atoms with Crippen molar-refractivity contribution in [3.63, 3.8) is 0 Å². The summed E-state index contributed by atoms with van der Waals surface area (Å²) in [6.07, 6.45) is 7.87. The average Bonchev–Trinajstić information content (AvgIpc) is 3.08. The molecule has 4 heteroatoms. The fourth-order valence-electron chi connectivity index (χ4n) is 5.25. The van der Waals surface area contributed by atoms with Crippen molar-refractivity contribution >= 4 is 22.6 Å². The number of aliphatic hydroxyl groups is 1. The monoisotopic (exact) mass is 407 g/mol. The molecule has 1 saturated carbocycles. The number of thioether (sulfide) groups is 1. The van der Waals surface area contributed by atoms with Gasteiger partial charge < -0.3 is 5.11 Å². The molecule has 2 aliphatic heterocycles. The lowest BCUT2D eigenvalue weighted by atomic mass is 9.83. The first kappa shape index (κ1) is 19.2. The molecule has 5 rings (SSSR count). The first-order valence-corrected chi connectivity index (χ1v) is 12.1. The van der Waals surface area contributed by atoms with Crippen LogP contribution in [0.5, 0.6) is 0 Å². The van der Waals surface area contributed by atoms with E-state index < -0.39 is 5.72 Å². The van der Waals surface area contributed by atoms with E-state index in [0.717, 1.165) is 23.5 Å². The number of amidine groups is 1. The highest BCUT2D eigenvalue weighted by Gasteiger charge is 2.55. The highest BCUT2D eigenvalue weighted by Crippen LogP contribution is 2.41. The standard InChI is InChI=1S/C25H31N2OS/c1-19-8-5-6-11-23(19)27-24-26(16-7-17-29-24)18-25(27,28)22-14-12-21(13-15-22)20-9-3-2-4-10-20/h5-6,8,11-15,20,28H,2-4,7,9-10,16-18H2,1H3/q+1. The third-order valence-corrected chi connectivity index (χ3v) is 8.04. The van der Waals surface area contributed by atoms with Gasteiger partial charge in [-0.05, 0) is 61.1 Å². The minimum absolute atomic E-state index is 0.631. The molecular formula is C25H31N2OS+. The van der Waals surface area contributed by atoms with Gasteiger partial charge in [0.05, 0.1) is 6.54 Å². The lowest BCUT2D eigenvalue weighted by Crippen LogP contribution is -2.47. The summed E-state index contributed by atoms with van der Waals surface area (Å²) in [7, 11) is 0. The van der Waals surface area contributed by atoms with Crippen LogP contribution >= 0.6 is 11.8 Å². The molecule has 2 aromatic carbocycles. The van der Waals surface area contributed by atoms with E-state index in [1.807, 2.05) is 11.8 Å². The second-order valence-corrected chi connectivity index (χ2v) is 9.86. The summed E-state index contributed by atoms with van der Waals surface area (Å²) in [5.41, 5.74) is 3.73. The smallest absolute Gasteiger partial charge is 0.316 e. The molecule has 1 aliphatic carbocycles. The van der Waals surface area contributed by atoms with E-state index in [-0.39, 0.29) is 0 Å². The molecule has 3 nitrogen and oxygen atoms in total. The van der Waals surface area contributed by atoms with Crippen LogP contribution in [0.4, 0.5) is 5.69 Å². The van der Waals surface area contributed by atoms with Gasteiger partial charge in [-0.1, -0.05) is 61.7 Å². The van der Waals surface area contributed by atoms with Crippen LogP contribution in [0.3, 0.4) is 0 Å². The van der Waals surface area contributed by atoms with Gasteiger partial charge in [-0.25, -0.2) is 4.58 Å². The maximum atomic E-state index is 12.1. The van der Waals surface area contributed by atoms with Crippen molar-refractivity contribution in [2.75, 3.05) is 23.7 Å². The van der Waals surface area contributed by atoms with Crippen LogP contribution in [-0.2, 0) is 5.72 Å². The Balaban J connectivity index is 1.53. The van der Waals surface area contributed by atoms with E-state index >= 15 is 0 Å². The van der Waals surface area contributed by atoms with Crippen LogP contribution in [0.2, 0.25) is 0 Å². The average molecular weight is 408 g/mol. The van der Waals surface area contributed by atoms with Crippen molar-refractivity contribution in [1.82, 2.24) is 0 Å². The van der Waals surface area contributed by atoms with Gasteiger partial charge in [-0.3, -0.25) is 0 Å². The van der Waals surface area contributed by atoms with Gasteiger partial charge in [0.2, 0.25) is 0 Å². The van der Waals surface area contributed by atoms with Gasteiger partial charge in [0, 0.05) is 11.3 Å². The Kier molecular flexibility index (Phi) is 5.17. The number of hydrogen-bond donors (Lipinski definition) is 1. The Morgan fingerprint density at radius 2 is 1.76 bits per heavy atom. The summed E-state index contributed by atoms with van der Waals surface area (Å²) in [5.74, 6) is 1.81. The molecule has 0 radical (unpaired) electrons. The lowest BCUT2D eigenvalue weighted by molar-refractivity contribution is -0.532. The van der Waals surface area contributed by atoms with Crippen molar-refractivity contribution in [3.8, 4) is 0 Å². The van der Waals surface area contributed by atoms with Gasteiger partial charge >= 0.3 is 5.17 Å². The van der Waals surface area contributed by atoms with E-state index in [1.165, 1.54) is 54.8 Å². The quantitative estimate of drug-likeness (QED) is 0.707. The predicted molar refractivity (Wildman–Crippen MR) is 122 cm³/mol. The summed E-state index contributed by atoms with van der Waals surface area (Å²) in [5, 5.41) is 13.3. The van der Waals surface area contributed by atoms with Crippen LogP contribution in [-0.4, -0.2) is 33.7 Å². The van der Waals surface area contributed by atoms with Crippen molar-refractivity contribution in [2.45, 2.75) is 57.1 Å². The zero-order valence-corrected chi connectivity index (χ0v) is 18.1. The topological polar surface area (TPSA) is 26.5 Å². The number of rotatable bonds is 3. The van der Waals surface area contributed by atoms with E-state index in [4.69, 9.17) is 0 Å². The molecule has 2 heterocycles. The van der Waals surface area contributed by atoms with Crippen molar-refractivity contribution in [2.24, 2.45) is 0 Å². The van der Waals surface area contributed by atoms with E-state index in [9.17, 15) is 5.11 Å². The largest absolute Gasteiger partial charge is 0.346 e. The van der Waals surface area contributed by atoms with Crippen molar-refractivity contribution < 1.29 is 9.68 Å². The zero-order valence-electron chi connectivity index (χ0n) is 17.3. The van der Waals surface area contributed by atoms with Gasteiger partial charge in [0.15, 0.2) is 6.54 Å². The van der Waals surface area contributed by atoms with E-state index in [2.05, 4.69) is 64.9 Å². The normalized spacial score (nSPS) is 25.4. The Morgan fingerprint density at radius 3 is 2.52 bits per heavy atom. The SMILES string of the molecule is Cc1ccccc1N1C2=[N+](CCCS2)CC1(O)c1ccc(C2CCCCC2)cc1. The molecule has 2 aromatic rings. The van der Waals surface area contributed by atoms with Crippen molar-refractivity contribution in [1.29, 1.82) is 0 Å². The number of anilines is 1. The second-order valence-electron chi connectivity index (χ2n) is 8.80. The number of nitrogens with zero attached hydrogens (tertiary/aromatic N) is 2. The molecule has 1 fully saturated rings. The minimum atomic E-state index is -1.02. The maximum absolute atomic E-state index is 12.1. The van der Waals surface area contributed by atoms with Gasteiger partial charge in [-0.15, -0.1) is 0 Å². The van der Waals surface area contributed by atoms with Crippen LogP contribution in [0.15, 0.2) is 48.5 Å². The summed E-state index contributed by atoms with van der Waals surface area (Å²) in [4.78, 5) is 2.20. The van der Waals surface area contributed by atoms with Crippen LogP contribution in [0, 0.1) is 6.92 Å². The number of aryl methyl sites for hydroxylation is 1. The fourth-order valence-corrected chi connectivity index (χ4v) is 6.42. The zero-order chi connectivity index (χ0) is 19.8. The third kappa shape index (κ3) is 3.40. The lowest BCUT2D eigenvalue weighted by Gasteiger charge is -2.30. The summed E-state index contributed by atoms with van der Waals surface area (Å²) in [6.45, 7) is 3.79. The minimum Gasteiger partial charge on any atom is -0.346 e. The van der Waals surface area contributed by atoms with E-state index in [0.29, 0.717) is 12.5 Å². The molecule has 0 bridgehead atoms. The number of para-hydroxylation sites is 1. The summed E-state index contributed by atoms with van der Waals surface area (Å²) in [6, 6.07) is 17.3. The first-order valence-electron chi connectivity index (χ1n) is 11.1.